The molecule has 38 heavy (non-hydrogen) atoms. The van der Waals surface area contributed by atoms with Gasteiger partial charge in [0.1, 0.15) is 0 Å². The van der Waals surface area contributed by atoms with Crippen molar-refractivity contribution in [2.45, 2.75) is 13.3 Å². The molecule has 4 aromatic rings. The Bertz CT molecular complexity index is 1480. The second kappa shape index (κ2) is 11.5. The number of anilines is 4. The monoisotopic (exact) mass is 512 g/mol. The van der Waals surface area contributed by atoms with Crippen molar-refractivity contribution < 1.29 is 4.79 Å². The van der Waals surface area contributed by atoms with Crippen LogP contribution in [0.15, 0.2) is 72.8 Å². The van der Waals surface area contributed by atoms with Crippen LogP contribution >= 0.6 is 0 Å². The van der Waals surface area contributed by atoms with Gasteiger partial charge in [-0.1, -0.05) is 31.7 Å². The lowest BCUT2D eigenvalue weighted by molar-refractivity contribution is -0.111. The summed E-state index contributed by atoms with van der Waals surface area (Å²) in [5.74, 6) is 0.127. The van der Waals surface area contributed by atoms with Crippen molar-refractivity contribution in [2.24, 2.45) is 12.3 Å². The number of aryl methyl sites for hydroxylation is 2. The van der Waals surface area contributed by atoms with Gasteiger partial charge in [-0.2, -0.15) is 0 Å². The van der Waals surface area contributed by atoms with Gasteiger partial charge in [0.2, 0.25) is 11.9 Å². The van der Waals surface area contributed by atoms with E-state index < -0.39 is 0 Å². The number of para-hydroxylation sites is 1. The molecule has 2 aromatic heterocycles. The summed E-state index contributed by atoms with van der Waals surface area (Å²) < 4.78 is 2.09. The molecule has 0 spiro atoms. The smallest absolute Gasteiger partial charge is 0.247 e. The minimum absolute atomic E-state index is 0.323. The Morgan fingerprint density at radius 3 is 2.68 bits per heavy atom. The van der Waals surface area contributed by atoms with E-state index in [0.29, 0.717) is 24.7 Å². The maximum absolute atomic E-state index is 12.2. The molecule has 0 saturated carbocycles. The fourth-order valence-electron chi connectivity index (χ4n) is 4.33. The first kappa shape index (κ1) is 26.3. The van der Waals surface area contributed by atoms with Gasteiger partial charge in [-0.15, -0.1) is 4.91 Å². The predicted molar refractivity (Wildman–Crippen MR) is 154 cm³/mol. The highest BCUT2D eigenvalue weighted by Gasteiger charge is 2.16. The number of hydrogen-bond donors (Lipinski definition) is 2. The van der Waals surface area contributed by atoms with Crippen molar-refractivity contribution in [2.75, 3.05) is 42.7 Å². The fourth-order valence-corrected chi connectivity index (χ4v) is 4.33. The van der Waals surface area contributed by atoms with Crippen LogP contribution in [0.25, 0.3) is 22.2 Å². The molecule has 10 heteroatoms. The van der Waals surface area contributed by atoms with Gasteiger partial charge in [0.25, 0.3) is 0 Å². The lowest BCUT2D eigenvalue weighted by atomic mass is 10.1. The SMILES string of the molecule is C=CC(=O)Nc1cc(Nc2nccc(-c3cn(C)c4ccccc34)n2)c(CC)cc1N(C)CCN(C)N=O. The first-order chi connectivity index (χ1) is 18.3. The normalized spacial score (nSPS) is 10.7. The first-order valence-corrected chi connectivity index (χ1v) is 12.3. The summed E-state index contributed by atoms with van der Waals surface area (Å²) in [5.41, 5.74) is 6.17. The van der Waals surface area contributed by atoms with Crippen LogP contribution in [0.4, 0.5) is 23.0 Å². The maximum Gasteiger partial charge on any atom is 0.247 e. The third-order valence-electron chi connectivity index (χ3n) is 6.43. The Hall–Kier alpha value is -4.73. The predicted octanol–water partition coefficient (Wildman–Crippen LogP) is 5.12. The molecule has 4 rings (SSSR count). The van der Waals surface area contributed by atoms with Crippen LogP contribution in [0, 0.1) is 4.91 Å². The number of amides is 1. The molecule has 0 fully saturated rings. The molecule has 0 aliphatic carbocycles. The molecule has 0 aliphatic heterocycles. The van der Waals surface area contributed by atoms with Gasteiger partial charge in [-0.25, -0.2) is 9.97 Å². The average molecular weight is 513 g/mol. The van der Waals surface area contributed by atoms with Crippen molar-refractivity contribution in [3.63, 3.8) is 0 Å². The highest BCUT2D eigenvalue weighted by atomic mass is 16.3. The van der Waals surface area contributed by atoms with E-state index in [2.05, 4.69) is 57.3 Å². The Morgan fingerprint density at radius 2 is 1.95 bits per heavy atom. The minimum Gasteiger partial charge on any atom is -0.371 e. The van der Waals surface area contributed by atoms with Crippen molar-refractivity contribution in [1.29, 1.82) is 0 Å². The molecule has 0 saturated heterocycles. The van der Waals surface area contributed by atoms with Crippen LogP contribution in [-0.2, 0) is 18.3 Å². The van der Waals surface area contributed by atoms with E-state index in [9.17, 15) is 9.70 Å². The largest absolute Gasteiger partial charge is 0.371 e. The molecule has 0 radical (unpaired) electrons. The number of carbonyl (C=O) groups excluding carboxylic acids is 1. The first-order valence-electron chi connectivity index (χ1n) is 12.3. The van der Waals surface area contributed by atoms with E-state index >= 15 is 0 Å². The van der Waals surface area contributed by atoms with Crippen LogP contribution < -0.4 is 15.5 Å². The standard InChI is InChI=1S/C28H32N8O2/c1-6-19-16-26(34(3)14-15-36(5)33-38)24(30-27(37)7-2)17-23(19)32-28-29-13-12-22(31-28)21-18-35(4)25-11-9-8-10-20(21)25/h7-13,16-18H,2,6,14-15H2,1,3-5H3,(H,30,37)(H,29,31,32). The van der Waals surface area contributed by atoms with Crippen molar-refractivity contribution in [1.82, 2.24) is 19.5 Å². The topological polar surface area (TPSA) is 108 Å². The van der Waals surface area contributed by atoms with Crippen LogP contribution in [0.3, 0.4) is 0 Å². The van der Waals surface area contributed by atoms with Crippen molar-refractivity contribution >= 4 is 39.8 Å². The van der Waals surface area contributed by atoms with Gasteiger partial charge in [0, 0.05) is 62.2 Å². The number of rotatable bonds is 11. The number of aromatic nitrogens is 3. The number of likely N-dealkylation sites (N-methyl/N-ethyl adjacent to an activating group) is 2. The number of carbonyl (C=O) groups is 1. The summed E-state index contributed by atoms with van der Waals surface area (Å²) in [6.45, 7) is 6.60. The summed E-state index contributed by atoms with van der Waals surface area (Å²) in [6, 6.07) is 14.0. The number of nitrogens with one attached hydrogen (secondary N) is 2. The van der Waals surface area contributed by atoms with Gasteiger partial charge in [0.05, 0.1) is 28.9 Å². The second-order valence-corrected chi connectivity index (χ2v) is 9.02. The molecule has 10 nitrogen and oxygen atoms in total. The zero-order chi connectivity index (χ0) is 27.2. The highest BCUT2D eigenvalue weighted by molar-refractivity contribution is 6.02. The summed E-state index contributed by atoms with van der Waals surface area (Å²) in [6.07, 6.45) is 5.76. The Balaban J connectivity index is 1.70. The molecule has 2 N–H and O–H groups in total. The van der Waals surface area contributed by atoms with Gasteiger partial charge < -0.3 is 20.1 Å². The molecule has 2 heterocycles. The van der Waals surface area contributed by atoms with E-state index in [0.717, 1.165) is 45.5 Å². The minimum atomic E-state index is -0.323. The number of nitrogens with zero attached hydrogens (tertiary/aromatic N) is 6. The Kier molecular flexibility index (Phi) is 8.00. The highest BCUT2D eigenvalue weighted by Crippen LogP contribution is 2.34. The zero-order valence-corrected chi connectivity index (χ0v) is 22.1. The molecule has 0 aliphatic rings. The Morgan fingerprint density at radius 1 is 1.16 bits per heavy atom. The molecule has 2 aromatic carbocycles. The van der Waals surface area contributed by atoms with Crippen LogP contribution in [0.1, 0.15) is 12.5 Å². The van der Waals surface area contributed by atoms with Gasteiger partial charge in [-0.3, -0.25) is 9.80 Å². The maximum atomic E-state index is 12.2. The van der Waals surface area contributed by atoms with Crippen LogP contribution in [0.5, 0.6) is 0 Å². The van der Waals surface area contributed by atoms with Crippen molar-refractivity contribution in [3.05, 3.63) is 78.0 Å². The van der Waals surface area contributed by atoms with E-state index in [1.807, 2.05) is 49.3 Å². The van der Waals surface area contributed by atoms with Crippen LogP contribution in [0.2, 0.25) is 0 Å². The lowest BCUT2D eigenvalue weighted by Crippen LogP contribution is -2.29. The summed E-state index contributed by atoms with van der Waals surface area (Å²) in [5, 5.41) is 11.6. The molecular formula is C28H32N8O2. The van der Waals surface area contributed by atoms with Gasteiger partial charge in [-0.05, 0) is 42.3 Å². The fraction of sp³-hybridized carbons (Fsp3) is 0.250. The zero-order valence-electron chi connectivity index (χ0n) is 22.1. The second-order valence-electron chi connectivity index (χ2n) is 9.02. The molecule has 1 amide bonds. The van der Waals surface area contributed by atoms with E-state index in [1.165, 1.54) is 11.1 Å². The number of hydrogen-bond acceptors (Lipinski definition) is 7. The summed E-state index contributed by atoms with van der Waals surface area (Å²) >= 11 is 0. The van der Waals surface area contributed by atoms with E-state index in [1.54, 1.807) is 13.2 Å². The Labute approximate surface area is 221 Å². The van der Waals surface area contributed by atoms with Gasteiger partial charge >= 0.3 is 0 Å². The number of benzene rings is 2. The van der Waals surface area contributed by atoms with Crippen molar-refractivity contribution in [3.8, 4) is 11.3 Å². The summed E-state index contributed by atoms with van der Waals surface area (Å²) in [7, 11) is 5.55. The van der Waals surface area contributed by atoms with Crippen LogP contribution in [-0.4, -0.2) is 52.6 Å². The quantitative estimate of drug-likeness (QED) is 0.163. The average Bonchev–Trinajstić information content (AvgIpc) is 3.28. The number of nitroso groups, excluding NO2 is 1. The third-order valence-corrected chi connectivity index (χ3v) is 6.43. The molecule has 196 valence electrons. The number of fused-ring (bicyclic) bond motifs is 1. The molecular weight excluding hydrogens is 480 g/mol. The molecule has 0 bridgehead atoms. The molecule has 0 unspecified atom stereocenters. The summed E-state index contributed by atoms with van der Waals surface area (Å²) in [4.78, 5) is 34.3. The van der Waals surface area contributed by atoms with E-state index in [4.69, 9.17) is 4.98 Å². The lowest BCUT2D eigenvalue weighted by Gasteiger charge is -2.25. The molecule has 0 atom stereocenters. The third kappa shape index (κ3) is 5.64. The van der Waals surface area contributed by atoms with E-state index in [-0.39, 0.29) is 5.91 Å². The van der Waals surface area contributed by atoms with Gasteiger partial charge in [0.15, 0.2) is 0 Å².